The maximum absolute atomic E-state index is 13.7. The number of benzene rings is 1. The van der Waals surface area contributed by atoms with Gasteiger partial charge in [0.2, 0.25) is 0 Å². The molecule has 0 unspecified atom stereocenters. The van der Waals surface area contributed by atoms with Gasteiger partial charge in [-0.15, -0.1) is 0 Å². The molecule has 4 heterocycles. The summed E-state index contributed by atoms with van der Waals surface area (Å²) in [6, 6.07) is 9.45. The maximum Gasteiger partial charge on any atom is 0.359 e. The number of aromatic amines is 1. The van der Waals surface area contributed by atoms with E-state index >= 15 is 0 Å². The van der Waals surface area contributed by atoms with Gasteiger partial charge < -0.3 is 15.5 Å². The Kier molecular flexibility index (Phi) is 7.64. The van der Waals surface area contributed by atoms with E-state index in [9.17, 15) is 4.79 Å². The summed E-state index contributed by atoms with van der Waals surface area (Å²) in [6.07, 6.45) is 5.32. The van der Waals surface area contributed by atoms with Crippen molar-refractivity contribution in [2.24, 2.45) is 11.7 Å². The SMILES string of the molecule is Cc1cc(C)cc(-c2[nH]c3c(C(=O)OC(C)(C)C)nc(C(C)(C)CN4CC5CCC4CC5)cc3c2[C@H](C)CN)c1. The molecule has 6 nitrogen and oxygen atoms in total. The number of carbonyl (C=O) groups is 1. The van der Waals surface area contributed by atoms with E-state index in [2.05, 4.69) is 68.8 Å². The Morgan fingerprint density at radius 1 is 1.07 bits per heavy atom. The van der Waals surface area contributed by atoms with Crippen molar-refractivity contribution in [3.05, 3.63) is 52.3 Å². The van der Waals surface area contributed by atoms with Gasteiger partial charge in [0.1, 0.15) is 5.60 Å². The first-order valence-corrected chi connectivity index (χ1v) is 15.1. The normalized spacial score (nSPS) is 20.7. The molecule has 1 atom stereocenters. The quantitative estimate of drug-likeness (QED) is 0.312. The van der Waals surface area contributed by atoms with Crippen LogP contribution >= 0.6 is 0 Å². The van der Waals surface area contributed by atoms with Crippen LogP contribution in [0.2, 0.25) is 0 Å². The van der Waals surface area contributed by atoms with Gasteiger partial charge in [0.15, 0.2) is 5.69 Å². The molecule has 1 aliphatic carbocycles. The summed E-state index contributed by atoms with van der Waals surface area (Å²) in [6.45, 7) is 19.2. The fourth-order valence-corrected chi connectivity index (χ4v) is 6.96. The van der Waals surface area contributed by atoms with Crippen LogP contribution in [0.25, 0.3) is 22.2 Å². The number of H-pyrrole nitrogens is 1. The highest BCUT2D eigenvalue weighted by Crippen LogP contribution is 2.41. The van der Waals surface area contributed by atoms with E-state index in [4.69, 9.17) is 15.5 Å². The van der Waals surface area contributed by atoms with Crippen LogP contribution in [0.3, 0.4) is 0 Å². The second-order valence-electron chi connectivity index (χ2n) is 14.2. The number of ether oxygens (including phenoxy) is 1. The zero-order chi connectivity index (χ0) is 29.0. The van der Waals surface area contributed by atoms with E-state index in [0.29, 0.717) is 18.3 Å². The van der Waals surface area contributed by atoms with Crippen LogP contribution in [0.5, 0.6) is 0 Å². The first-order valence-electron chi connectivity index (χ1n) is 15.1. The minimum atomic E-state index is -0.625. The van der Waals surface area contributed by atoms with Gasteiger partial charge in [-0.2, -0.15) is 0 Å². The summed E-state index contributed by atoms with van der Waals surface area (Å²) in [5.74, 6) is 0.509. The monoisotopic (exact) mass is 544 g/mol. The molecule has 1 saturated carbocycles. The minimum absolute atomic E-state index is 0.0900. The summed E-state index contributed by atoms with van der Waals surface area (Å²) in [5.41, 5.74) is 13.1. The highest BCUT2D eigenvalue weighted by atomic mass is 16.6. The number of fused-ring (bicyclic) bond motifs is 4. The van der Waals surface area contributed by atoms with Crippen LogP contribution in [0, 0.1) is 19.8 Å². The predicted octanol–water partition coefficient (Wildman–Crippen LogP) is 7.02. The number of hydrogen-bond acceptors (Lipinski definition) is 5. The summed E-state index contributed by atoms with van der Waals surface area (Å²) >= 11 is 0. The topological polar surface area (TPSA) is 84.2 Å². The third-order valence-electron chi connectivity index (χ3n) is 8.90. The fraction of sp³-hybridized carbons (Fsp3) is 0.588. The van der Waals surface area contributed by atoms with Gasteiger partial charge in [0.05, 0.1) is 11.2 Å². The van der Waals surface area contributed by atoms with Gasteiger partial charge in [0.25, 0.3) is 0 Å². The highest BCUT2D eigenvalue weighted by molar-refractivity contribution is 6.05. The van der Waals surface area contributed by atoms with Crippen LogP contribution in [0.1, 0.15) is 106 Å². The lowest BCUT2D eigenvalue weighted by molar-refractivity contribution is 0.00641. The fourth-order valence-electron chi connectivity index (χ4n) is 6.96. The van der Waals surface area contributed by atoms with Crippen molar-refractivity contribution in [1.29, 1.82) is 0 Å². The average molecular weight is 545 g/mol. The van der Waals surface area contributed by atoms with E-state index in [-0.39, 0.29) is 11.3 Å². The molecular formula is C34H48N4O2. The Morgan fingerprint density at radius 2 is 1.73 bits per heavy atom. The molecule has 2 aliphatic heterocycles. The van der Waals surface area contributed by atoms with Crippen LogP contribution in [-0.2, 0) is 10.2 Å². The molecule has 1 aromatic carbocycles. The molecule has 6 rings (SSSR count). The van der Waals surface area contributed by atoms with Crippen molar-refractivity contribution in [2.75, 3.05) is 19.6 Å². The number of nitrogens with zero attached hydrogens (tertiary/aromatic N) is 2. The summed E-state index contributed by atoms with van der Waals surface area (Å²) in [7, 11) is 0. The van der Waals surface area contributed by atoms with Gasteiger partial charge in [-0.1, -0.05) is 38.0 Å². The van der Waals surface area contributed by atoms with E-state index in [1.165, 1.54) is 43.4 Å². The number of aromatic nitrogens is 2. The number of pyridine rings is 1. The van der Waals surface area contributed by atoms with Gasteiger partial charge in [-0.05, 0) is 108 Å². The zero-order valence-corrected chi connectivity index (χ0v) is 25.8. The van der Waals surface area contributed by atoms with Crippen molar-refractivity contribution in [1.82, 2.24) is 14.9 Å². The summed E-state index contributed by atoms with van der Waals surface area (Å²) in [5, 5.41) is 1.02. The number of nitrogens with two attached hydrogens (primary N) is 1. The summed E-state index contributed by atoms with van der Waals surface area (Å²) in [4.78, 5) is 25.1. The minimum Gasteiger partial charge on any atom is -0.455 e. The molecule has 40 heavy (non-hydrogen) atoms. The Hall–Kier alpha value is -2.70. The lowest BCUT2D eigenvalue weighted by Gasteiger charge is -2.48. The molecule has 3 aromatic rings. The van der Waals surface area contributed by atoms with Crippen molar-refractivity contribution in [3.63, 3.8) is 0 Å². The molecule has 3 aliphatic rings. The molecule has 2 aromatic heterocycles. The second kappa shape index (κ2) is 10.6. The number of hydrogen-bond donors (Lipinski definition) is 2. The van der Waals surface area contributed by atoms with E-state index in [0.717, 1.165) is 45.9 Å². The van der Waals surface area contributed by atoms with Crippen LogP contribution in [0.4, 0.5) is 0 Å². The standard InChI is InChI=1S/C34H48N4O2/c1-20-13-21(2)15-24(14-20)29-28(22(3)17-35)26-16-27(36-31(30(26)37-29)32(39)40-33(4,5)6)34(7,8)19-38-18-23-9-11-25(38)12-10-23/h13-16,22-23,25,37H,9-12,17-19,35H2,1-8H3/t22-,23?,25?/m1/s1. The number of carbonyl (C=O) groups excluding carboxylic acids is 1. The van der Waals surface area contributed by atoms with Crippen molar-refractivity contribution in [3.8, 4) is 11.3 Å². The Bertz CT molecular complexity index is 1390. The van der Waals surface area contributed by atoms with E-state index in [1.54, 1.807) is 0 Å². The molecule has 0 amide bonds. The Balaban J connectivity index is 1.69. The van der Waals surface area contributed by atoms with Crippen LogP contribution in [0.15, 0.2) is 24.3 Å². The number of rotatable bonds is 7. The second-order valence-corrected chi connectivity index (χ2v) is 14.2. The largest absolute Gasteiger partial charge is 0.455 e. The maximum atomic E-state index is 13.7. The smallest absolute Gasteiger partial charge is 0.359 e. The molecule has 6 heteroatoms. The van der Waals surface area contributed by atoms with Gasteiger partial charge >= 0.3 is 5.97 Å². The van der Waals surface area contributed by atoms with E-state index in [1.807, 2.05) is 20.8 Å². The average Bonchev–Trinajstić information content (AvgIpc) is 3.26. The Labute approximate surface area is 240 Å². The molecule has 216 valence electrons. The van der Waals surface area contributed by atoms with Crippen molar-refractivity contribution < 1.29 is 9.53 Å². The molecule has 0 radical (unpaired) electrons. The predicted molar refractivity (Wildman–Crippen MR) is 164 cm³/mol. The van der Waals surface area contributed by atoms with Gasteiger partial charge in [0, 0.05) is 35.6 Å². The molecule has 2 bridgehead atoms. The first kappa shape index (κ1) is 28.8. The van der Waals surface area contributed by atoms with Gasteiger partial charge in [-0.25, -0.2) is 9.78 Å². The molecule has 3 N–H and O–H groups in total. The molecule has 2 saturated heterocycles. The van der Waals surface area contributed by atoms with Crippen molar-refractivity contribution in [2.45, 2.75) is 104 Å². The number of esters is 1. The third-order valence-corrected chi connectivity index (χ3v) is 8.90. The number of piperidine rings is 2. The first-order chi connectivity index (χ1) is 18.8. The van der Waals surface area contributed by atoms with Gasteiger partial charge in [-0.3, -0.25) is 4.90 Å². The molecule has 0 spiro atoms. The zero-order valence-electron chi connectivity index (χ0n) is 25.8. The van der Waals surface area contributed by atoms with Crippen molar-refractivity contribution >= 4 is 16.9 Å². The third kappa shape index (κ3) is 5.71. The number of nitrogens with one attached hydrogen (secondary N) is 1. The number of aryl methyl sites for hydroxylation is 2. The van der Waals surface area contributed by atoms with Crippen LogP contribution in [-0.4, -0.2) is 52.1 Å². The van der Waals surface area contributed by atoms with Crippen LogP contribution < -0.4 is 5.73 Å². The Morgan fingerprint density at radius 3 is 2.27 bits per heavy atom. The van der Waals surface area contributed by atoms with E-state index < -0.39 is 11.6 Å². The molecular weight excluding hydrogens is 496 g/mol. The molecule has 3 fully saturated rings. The lowest BCUT2D eigenvalue weighted by atomic mass is 9.77. The lowest BCUT2D eigenvalue weighted by Crippen LogP contribution is -2.52. The summed E-state index contributed by atoms with van der Waals surface area (Å²) < 4.78 is 5.91. The highest BCUT2D eigenvalue weighted by Gasteiger charge is 2.38.